The Morgan fingerprint density at radius 3 is 1.63 bits per heavy atom. The molecule has 1 atom stereocenters. The maximum atomic E-state index is 5.95. The Balaban J connectivity index is 2.31. The molecule has 0 aliphatic heterocycles. The summed E-state index contributed by atoms with van der Waals surface area (Å²) < 4.78 is 0. The van der Waals surface area contributed by atoms with Crippen LogP contribution in [0.3, 0.4) is 0 Å². The Bertz CT molecular complexity index is 492. The Labute approximate surface area is 130 Å². The number of benzene rings is 2. The normalized spacial score (nSPS) is 11.1. The van der Waals surface area contributed by atoms with E-state index < -0.39 is 0 Å². The van der Waals surface area contributed by atoms with Crippen molar-refractivity contribution in [1.82, 2.24) is 0 Å². The van der Waals surface area contributed by atoms with E-state index in [9.17, 15) is 0 Å². The first kappa shape index (κ1) is 14.9. The number of halogens is 2. The molecule has 0 aliphatic rings. The fourth-order valence-corrected chi connectivity index (χ4v) is 3.13. The molecular weight excluding hydrogens is 314 g/mol. The molecule has 4 heteroatoms. The molecule has 19 heavy (non-hydrogen) atoms. The monoisotopic (exact) mass is 327 g/mol. The number of hydrogen-bond donors (Lipinski definition) is 0. The van der Waals surface area contributed by atoms with E-state index in [-0.39, 0.29) is 0 Å². The Kier molecular flexibility index (Phi) is 5.78. The molecule has 0 heterocycles. The third-order valence-corrected chi connectivity index (χ3v) is 4.69. The van der Waals surface area contributed by atoms with Crippen LogP contribution in [0, 0.1) is 0 Å². The van der Waals surface area contributed by atoms with Gasteiger partial charge in [0.15, 0.2) is 19.2 Å². The van der Waals surface area contributed by atoms with Crippen molar-refractivity contribution in [2.24, 2.45) is 0 Å². The van der Waals surface area contributed by atoms with Crippen molar-refractivity contribution in [3.05, 3.63) is 69.7 Å². The third kappa shape index (κ3) is 4.26. The minimum absolute atomic E-state index is 0.366. The summed E-state index contributed by atoms with van der Waals surface area (Å²) in [4.78, 5) is 0. The largest absolute Gasteiger partial charge is 0.160 e. The molecule has 0 saturated carbocycles. The van der Waals surface area contributed by atoms with Gasteiger partial charge in [0.2, 0.25) is 0 Å². The molecule has 98 valence electrons. The van der Waals surface area contributed by atoms with Gasteiger partial charge in [0.05, 0.1) is 0 Å². The summed E-state index contributed by atoms with van der Waals surface area (Å²) in [6.45, 7) is 0. The topological polar surface area (TPSA) is 0 Å². The summed E-state index contributed by atoms with van der Waals surface area (Å²) in [5.74, 6) is 0.366. The van der Waals surface area contributed by atoms with Crippen LogP contribution >= 0.6 is 30.6 Å². The van der Waals surface area contributed by atoms with Gasteiger partial charge in [-0.05, 0) is 41.8 Å². The average molecular weight is 328 g/mol. The molecule has 0 N–H and O–H groups in total. The van der Waals surface area contributed by atoms with E-state index in [0.717, 1.165) is 22.6 Å². The number of hydrogen-bond acceptors (Lipinski definition) is 1. The predicted octanol–water partition coefficient (Wildman–Crippen LogP) is 5.66. The highest BCUT2D eigenvalue weighted by Crippen LogP contribution is 2.30. The summed E-state index contributed by atoms with van der Waals surface area (Å²) >= 11 is 17.0. The summed E-state index contributed by atoms with van der Waals surface area (Å²) in [7, 11) is 0.567. The van der Waals surface area contributed by atoms with Crippen LogP contribution in [-0.4, -0.2) is 6.16 Å². The molecule has 0 aliphatic carbocycles. The van der Waals surface area contributed by atoms with Crippen LogP contribution in [0.1, 0.15) is 23.5 Å². The zero-order valence-corrected chi connectivity index (χ0v) is 13.6. The van der Waals surface area contributed by atoms with E-state index in [4.69, 9.17) is 35.0 Å². The summed E-state index contributed by atoms with van der Waals surface area (Å²) in [5.41, 5.74) is 2.56. The molecule has 0 fully saturated rings. The lowest BCUT2D eigenvalue weighted by molar-refractivity contribution is 0.785. The van der Waals surface area contributed by atoms with Gasteiger partial charge in [0.25, 0.3) is 0 Å². The van der Waals surface area contributed by atoms with Gasteiger partial charge in [-0.1, -0.05) is 47.5 Å². The van der Waals surface area contributed by atoms with E-state index in [1.807, 2.05) is 24.3 Å². The number of rotatable bonds is 5. The first-order valence-corrected chi connectivity index (χ1v) is 9.16. The molecule has 1 unspecified atom stereocenters. The van der Waals surface area contributed by atoms with Gasteiger partial charge in [0.1, 0.15) is 6.16 Å². The second-order valence-corrected chi connectivity index (χ2v) is 6.87. The smallest absolute Gasteiger partial charge is 0.0843 e. The fourth-order valence-electron chi connectivity index (χ4n) is 2.12. The van der Waals surface area contributed by atoms with Crippen molar-refractivity contribution in [1.29, 1.82) is 0 Å². The molecular formula is C15H14Cl2PS+. The molecule has 0 spiro atoms. The van der Waals surface area contributed by atoms with Gasteiger partial charge in [-0.15, -0.1) is 0 Å². The van der Waals surface area contributed by atoms with Crippen molar-refractivity contribution >= 4 is 42.4 Å². The highest BCUT2D eigenvalue weighted by molar-refractivity contribution is 7.96. The molecule has 0 radical (unpaired) electrons. The molecule has 0 bridgehead atoms. The second-order valence-electron chi connectivity index (χ2n) is 4.34. The van der Waals surface area contributed by atoms with Crippen LogP contribution < -0.4 is 0 Å². The van der Waals surface area contributed by atoms with Crippen LogP contribution in [-0.2, 0) is 11.8 Å². The minimum atomic E-state index is 0.366. The standard InChI is InChI=1S/C15H13Cl2PS/c16-13-5-1-11(2-6-13)15(9-10-18-19)12-3-7-14(17)8-4-12/h1-8,15H,9-10H2/p+1. The molecule has 2 rings (SSSR count). The lowest BCUT2D eigenvalue weighted by atomic mass is 9.89. The molecule has 0 aromatic heterocycles. The van der Waals surface area contributed by atoms with Gasteiger partial charge < -0.3 is 0 Å². The van der Waals surface area contributed by atoms with Gasteiger partial charge in [-0.2, -0.15) is 0 Å². The van der Waals surface area contributed by atoms with Crippen molar-refractivity contribution < 1.29 is 0 Å². The average Bonchev–Trinajstić information content (AvgIpc) is 2.43. The maximum Gasteiger partial charge on any atom is 0.160 e. The van der Waals surface area contributed by atoms with Gasteiger partial charge >= 0.3 is 0 Å². The van der Waals surface area contributed by atoms with E-state index >= 15 is 0 Å². The van der Waals surface area contributed by atoms with Crippen LogP contribution in [0.2, 0.25) is 10.0 Å². The first-order chi connectivity index (χ1) is 9.20. The highest BCUT2D eigenvalue weighted by Gasteiger charge is 2.15. The first-order valence-electron chi connectivity index (χ1n) is 6.06. The minimum Gasteiger partial charge on any atom is -0.0843 e. The Morgan fingerprint density at radius 2 is 1.26 bits per heavy atom. The second kappa shape index (κ2) is 7.36. The third-order valence-electron chi connectivity index (χ3n) is 3.08. The lowest BCUT2D eigenvalue weighted by Crippen LogP contribution is -2.02. The van der Waals surface area contributed by atoms with Gasteiger partial charge in [-0.25, -0.2) is 0 Å². The molecule has 2 aromatic rings. The van der Waals surface area contributed by atoms with Crippen LogP contribution in [0.15, 0.2) is 48.5 Å². The van der Waals surface area contributed by atoms with Gasteiger partial charge in [-0.3, -0.25) is 0 Å². The van der Waals surface area contributed by atoms with Crippen LogP contribution in [0.4, 0.5) is 0 Å². The van der Waals surface area contributed by atoms with Crippen LogP contribution in [0.25, 0.3) is 0 Å². The van der Waals surface area contributed by atoms with Crippen molar-refractivity contribution in [2.45, 2.75) is 12.3 Å². The Hall–Kier alpha value is -0.460. The molecule has 0 saturated heterocycles. The van der Waals surface area contributed by atoms with E-state index in [1.165, 1.54) is 11.1 Å². The highest BCUT2D eigenvalue weighted by atomic mass is 35.5. The zero-order valence-electron chi connectivity index (χ0n) is 10.3. The van der Waals surface area contributed by atoms with Crippen molar-refractivity contribution in [3.63, 3.8) is 0 Å². The van der Waals surface area contributed by atoms with Crippen LogP contribution in [0.5, 0.6) is 0 Å². The maximum absolute atomic E-state index is 5.95. The molecule has 0 amide bonds. The predicted molar refractivity (Wildman–Crippen MR) is 89.9 cm³/mol. The molecule has 2 aromatic carbocycles. The van der Waals surface area contributed by atoms with E-state index in [2.05, 4.69) is 24.3 Å². The zero-order chi connectivity index (χ0) is 13.7. The van der Waals surface area contributed by atoms with Gasteiger partial charge in [0, 0.05) is 16.0 Å². The molecule has 0 nitrogen and oxygen atoms in total. The summed E-state index contributed by atoms with van der Waals surface area (Å²) in [6, 6.07) is 16.1. The fraction of sp³-hybridized carbons (Fsp3) is 0.200. The quantitative estimate of drug-likeness (QED) is 0.639. The Morgan fingerprint density at radius 1 is 0.842 bits per heavy atom. The van der Waals surface area contributed by atoms with E-state index in [1.54, 1.807) is 0 Å². The lowest BCUT2D eigenvalue weighted by Gasteiger charge is -2.16. The summed E-state index contributed by atoms with van der Waals surface area (Å²) in [6.07, 6.45) is 2.12. The van der Waals surface area contributed by atoms with Crippen molar-refractivity contribution in [2.75, 3.05) is 6.16 Å². The van der Waals surface area contributed by atoms with Crippen molar-refractivity contribution in [3.8, 4) is 0 Å². The SMILES string of the molecule is S=[PH+]CCC(c1ccc(Cl)cc1)c1ccc(Cl)cc1. The summed E-state index contributed by atoms with van der Waals surface area (Å²) in [5, 5.41) is 1.53. The van der Waals surface area contributed by atoms with E-state index in [0.29, 0.717) is 13.3 Å².